The van der Waals surface area contributed by atoms with Crippen molar-refractivity contribution in [3.8, 4) is 0 Å². The van der Waals surface area contributed by atoms with E-state index in [2.05, 4.69) is 57.3 Å². The summed E-state index contributed by atoms with van der Waals surface area (Å²) in [6.07, 6.45) is 0.688. The number of rotatable bonds is 9. The highest BCUT2D eigenvalue weighted by molar-refractivity contribution is 5.77. The third-order valence-electron chi connectivity index (χ3n) is 5.59. The van der Waals surface area contributed by atoms with Crippen LogP contribution in [0.4, 0.5) is 5.69 Å². The molecule has 0 fully saturated rings. The van der Waals surface area contributed by atoms with Crippen LogP contribution in [0.2, 0.25) is 0 Å². The van der Waals surface area contributed by atoms with Crippen LogP contribution in [0.15, 0.2) is 51.7 Å². The predicted molar refractivity (Wildman–Crippen MR) is 123 cm³/mol. The summed E-state index contributed by atoms with van der Waals surface area (Å²) in [4.78, 5) is 35.1. The van der Waals surface area contributed by atoms with Gasteiger partial charge in [-0.2, -0.15) is 0 Å². The van der Waals surface area contributed by atoms with Gasteiger partial charge in [-0.25, -0.2) is 4.79 Å². The molecule has 0 aliphatic carbocycles. The van der Waals surface area contributed by atoms with Crippen LogP contribution in [-0.2, 0) is 11.3 Å². The van der Waals surface area contributed by atoms with Crippen LogP contribution in [-0.4, -0.2) is 15.4 Å². The fraction of sp³-hybridized carbons (Fsp3) is 0.417. The van der Waals surface area contributed by atoms with Crippen molar-refractivity contribution in [2.45, 2.75) is 59.0 Å². The number of fused-ring (bicyclic) bond motifs is 1. The smallest absolute Gasteiger partial charge is 0.407 e. The van der Waals surface area contributed by atoms with Crippen LogP contribution >= 0.6 is 0 Å². The number of aromatic nitrogens is 1. The summed E-state index contributed by atoms with van der Waals surface area (Å²) in [5, 5.41) is 14.0. The summed E-state index contributed by atoms with van der Waals surface area (Å²) in [5.74, 6) is -0.0101. The quantitative estimate of drug-likeness (QED) is 0.376. The van der Waals surface area contributed by atoms with E-state index in [1.54, 1.807) is 0 Å². The average Bonchev–Trinajstić information content (AvgIpc) is 3.06. The second-order valence-corrected chi connectivity index (χ2v) is 8.64. The van der Waals surface area contributed by atoms with Crippen LogP contribution < -0.4 is 11.1 Å². The lowest BCUT2D eigenvalue weighted by molar-refractivity contribution is -0.384. The lowest BCUT2D eigenvalue weighted by Gasteiger charge is -2.23. The molecule has 8 heteroatoms. The van der Waals surface area contributed by atoms with Crippen LogP contribution in [0.5, 0.6) is 0 Å². The van der Waals surface area contributed by atoms with Crippen molar-refractivity contribution in [1.82, 2.24) is 9.88 Å². The van der Waals surface area contributed by atoms with Gasteiger partial charge in [0.1, 0.15) is 0 Å². The number of hydrogen-bond acceptors (Lipinski definition) is 5. The molecular formula is C24H29N3O5. The maximum absolute atomic E-state index is 12.6. The van der Waals surface area contributed by atoms with Crippen molar-refractivity contribution in [3.63, 3.8) is 0 Å². The van der Waals surface area contributed by atoms with Crippen molar-refractivity contribution < 1.29 is 14.1 Å². The van der Waals surface area contributed by atoms with Gasteiger partial charge >= 0.3 is 5.76 Å². The first-order chi connectivity index (χ1) is 15.2. The number of hydrogen-bond donors (Lipinski definition) is 1. The SMILES string of the molecule is CC(C)c1ccc(C(NC(=O)CCCn2c(=O)oc3cc([N+](=O)[O-])ccc32)C(C)C)cc1. The molecule has 1 amide bonds. The molecule has 0 bridgehead atoms. The fourth-order valence-corrected chi connectivity index (χ4v) is 3.75. The Morgan fingerprint density at radius 1 is 1.09 bits per heavy atom. The summed E-state index contributed by atoms with van der Waals surface area (Å²) in [6, 6.07) is 12.3. The van der Waals surface area contributed by atoms with Crippen LogP contribution in [0.1, 0.15) is 63.6 Å². The van der Waals surface area contributed by atoms with E-state index in [-0.39, 0.29) is 42.1 Å². The molecular weight excluding hydrogens is 410 g/mol. The second kappa shape index (κ2) is 9.80. The number of carbonyl (C=O) groups is 1. The highest BCUT2D eigenvalue weighted by Gasteiger charge is 2.19. The number of amides is 1. The maximum Gasteiger partial charge on any atom is 0.419 e. The molecule has 170 valence electrons. The van der Waals surface area contributed by atoms with Crippen LogP contribution in [0.25, 0.3) is 11.1 Å². The Balaban J connectivity index is 1.63. The first-order valence-electron chi connectivity index (χ1n) is 10.8. The zero-order valence-corrected chi connectivity index (χ0v) is 18.8. The summed E-state index contributed by atoms with van der Waals surface area (Å²) >= 11 is 0. The highest BCUT2D eigenvalue weighted by Crippen LogP contribution is 2.24. The van der Waals surface area contributed by atoms with Gasteiger partial charge in [-0.15, -0.1) is 0 Å². The lowest BCUT2D eigenvalue weighted by Crippen LogP contribution is -2.31. The molecule has 0 aliphatic rings. The van der Waals surface area contributed by atoms with Crippen molar-refractivity contribution in [2.24, 2.45) is 5.92 Å². The Kier molecular flexibility index (Phi) is 7.12. The minimum atomic E-state index is -0.591. The first kappa shape index (κ1) is 23.2. The number of oxazole rings is 1. The van der Waals surface area contributed by atoms with Gasteiger partial charge in [0.05, 0.1) is 22.5 Å². The summed E-state index contributed by atoms with van der Waals surface area (Å²) < 4.78 is 6.53. The van der Waals surface area contributed by atoms with E-state index in [1.807, 2.05) is 0 Å². The van der Waals surface area contributed by atoms with Gasteiger partial charge in [-0.1, -0.05) is 52.0 Å². The molecule has 0 radical (unpaired) electrons. The Bertz CT molecular complexity index is 1160. The molecule has 8 nitrogen and oxygen atoms in total. The maximum atomic E-state index is 12.6. The number of aryl methyl sites for hydroxylation is 1. The van der Waals surface area contributed by atoms with E-state index < -0.39 is 10.7 Å². The number of nitro benzene ring substituents is 1. The van der Waals surface area contributed by atoms with Gasteiger partial charge < -0.3 is 9.73 Å². The zero-order chi connectivity index (χ0) is 23.4. The molecule has 0 saturated carbocycles. The predicted octanol–water partition coefficient (Wildman–Crippen LogP) is 4.92. The van der Waals surface area contributed by atoms with Crippen LogP contribution in [0.3, 0.4) is 0 Å². The summed E-state index contributed by atoms with van der Waals surface area (Å²) in [5.41, 5.74) is 2.82. The highest BCUT2D eigenvalue weighted by atomic mass is 16.6. The third kappa shape index (κ3) is 5.25. The van der Waals surface area contributed by atoms with Crippen molar-refractivity contribution in [2.75, 3.05) is 0 Å². The number of nitro groups is 1. The van der Waals surface area contributed by atoms with Gasteiger partial charge in [0, 0.05) is 19.0 Å². The molecule has 1 aromatic heterocycles. The molecule has 1 unspecified atom stereocenters. The summed E-state index contributed by atoms with van der Waals surface area (Å²) in [6.45, 7) is 8.71. The largest absolute Gasteiger partial charge is 0.419 e. The van der Waals surface area contributed by atoms with Crippen LogP contribution in [0, 0.1) is 16.0 Å². The molecule has 1 heterocycles. The van der Waals surface area contributed by atoms with E-state index >= 15 is 0 Å². The topological polar surface area (TPSA) is 107 Å². The average molecular weight is 440 g/mol. The van der Waals surface area contributed by atoms with E-state index in [1.165, 1.54) is 28.3 Å². The number of nitrogens with zero attached hydrogens (tertiary/aromatic N) is 2. The standard InChI is InChI=1S/C24H29N3O5/c1-15(2)17-7-9-18(10-8-17)23(16(3)4)25-22(28)6-5-13-26-20-12-11-19(27(30)31)14-21(20)32-24(26)29/h7-12,14-16,23H,5-6,13H2,1-4H3,(H,25,28). The minimum absolute atomic E-state index is 0.0897. The van der Waals surface area contributed by atoms with Crippen molar-refractivity contribution >= 4 is 22.7 Å². The van der Waals surface area contributed by atoms with Gasteiger partial charge in [-0.05, 0) is 35.4 Å². The van der Waals surface area contributed by atoms with E-state index in [4.69, 9.17) is 4.42 Å². The molecule has 0 saturated heterocycles. The molecule has 1 N–H and O–H groups in total. The minimum Gasteiger partial charge on any atom is -0.407 e. The molecule has 3 aromatic rings. The Hall–Kier alpha value is -3.42. The number of nitrogens with one attached hydrogen (secondary N) is 1. The third-order valence-corrected chi connectivity index (χ3v) is 5.59. The fourth-order valence-electron chi connectivity index (χ4n) is 3.75. The molecule has 2 aromatic carbocycles. The normalized spacial score (nSPS) is 12.4. The Labute approximate surface area is 186 Å². The van der Waals surface area contributed by atoms with Gasteiger partial charge in [0.2, 0.25) is 5.91 Å². The van der Waals surface area contributed by atoms with Crippen molar-refractivity contribution in [1.29, 1.82) is 0 Å². The van der Waals surface area contributed by atoms with Gasteiger partial charge in [0.25, 0.3) is 5.69 Å². The lowest BCUT2D eigenvalue weighted by atomic mass is 9.93. The molecule has 0 aliphatic heterocycles. The van der Waals surface area contributed by atoms with E-state index in [0.717, 1.165) is 5.56 Å². The Morgan fingerprint density at radius 2 is 1.75 bits per heavy atom. The number of carbonyl (C=O) groups excluding carboxylic acids is 1. The Morgan fingerprint density at radius 3 is 2.34 bits per heavy atom. The monoisotopic (exact) mass is 439 g/mol. The van der Waals surface area contributed by atoms with E-state index in [9.17, 15) is 19.7 Å². The van der Waals surface area contributed by atoms with Crippen molar-refractivity contribution in [3.05, 3.63) is 74.3 Å². The molecule has 3 rings (SSSR count). The number of non-ortho nitro benzene ring substituents is 1. The summed E-state index contributed by atoms with van der Waals surface area (Å²) in [7, 11) is 0. The number of benzene rings is 2. The first-order valence-corrected chi connectivity index (χ1v) is 10.8. The second-order valence-electron chi connectivity index (χ2n) is 8.64. The van der Waals surface area contributed by atoms with E-state index in [0.29, 0.717) is 17.9 Å². The molecule has 32 heavy (non-hydrogen) atoms. The van der Waals surface area contributed by atoms with Gasteiger partial charge in [-0.3, -0.25) is 19.5 Å². The molecule has 1 atom stereocenters. The van der Waals surface area contributed by atoms with Gasteiger partial charge in [0.15, 0.2) is 5.58 Å². The molecule has 0 spiro atoms. The zero-order valence-electron chi connectivity index (χ0n) is 18.8.